The van der Waals surface area contributed by atoms with Crippen molar-refractivity contribution in [2.45, 2.75) is 38.1 Å². The Morgan fingerprint density at radius 3 is 2.94 bits per heavy atom. The standard InChI is InChI=1S/C12H16BrN3/c13-11-7-12(15-8-14-11)16-6-5-9-3-1-2-4-10(9)16/h7-10H,1-6H2. The topological polar surface area (TPSA) is 29.0 Å². The second-order valence-corrected chi connectivity index (χ2v) is 5.61. The maximum absolute atomic E-state index is 4.40. The van der Waals surface area contributed by atoms with Gasteiger partial charge in [0, 0.05) is 18.7 Å². The summed E-state index contributed by atoms with van der Waals surface area (Å²) in [5.41, 5.74) is 0. The summed E-state index contributed by atoms with van der Waals surface area (Å²) in [6.45, 7) is 1.17. The van der Waals surface area contributed by atoms with Crippen molar-refractivity contribution in [1.29, 1.82) is 0 Å². The summed E-state index contributed by atoms with van der Waals surface area (Å²) in [6, 6.07) is 2.77. The molecule has 0 bridgehead atoms. The lowest BCUT2D eigenvalue weighted by atomic mass is 9.85. The molecule has 0 N–H and O–H groups in total. The summed E-state index contributed by atoms with van der Waals surface area (Å²) in [7, 11) is 0. The quantitative estimate of drug-likeness (QED) is 0.741. The number of nitrogens with zero attached hydrogens (tertiary/aromatic N) is 3. The van der Waals surface area contributed by atoms with E-state index >= 15 is 0 Å². The fourth-order valence-corrected chi connectivity index (χ4v) is 3.47. The normalized spacial score (nSPS) is 29.2. The van der Waals surface area contributed by atoms with E-state index < -0.39 is 0 Å². The molecule has 0 spiro atoms. The van der Waals surface area contributed by atoms with Gasteiger partial charge < -0.3 is 4.90 Å². The molecule has 86 valence electrons. The fraction of sp³-hybridized carbons (Fsp3) is 0.667. The molecule has 1 aliphatic carbocycles. The van der Waals surface area contributed by atoms with Crippen LogP contribution in [0.5, 0.6) is 0 Å². The highest BCUT2D eigenvalue weighted by atomic mass is 79.9. The smallest absolute Gasteiger partial charge is 0.133 e. The molecule has 1 saturated heterocycles. The first-order valence-corrected chi connectivity index (χ1v) is 6.88. The van der Waals surface area contributed by atoms with E-state index in [0.29, 0.717) is 0 Å². The number of anilines is 1. The van der Waals surface area contributed by atoms with Crippen LogP contribution < -0.4 is 4.90 Å². The third-order valence-corrected chi connectivity index (χ3v) is 4.36. The summed E-state index contributed by atoms with van der Waals surface area (Å²) in [5.74, 6) is 2.00. The average Bonchev–Trinajstić information content (AvgIpc) is 2.72. The molecular formula is C12H16BrN3. The van der Waals surface area contributed by atoms with Crippen LogP contribution in [0.1, 0.15) is 32.1 Å². The Hall–Kier alpha value is -0.640. The molecule has 0 amide bonds. The number of halogens is 1. The molecule has 2 heterocycles. The fourth-order valence-electron chi connectivity index (χ4n) is 3.17. The molecule has 0 aromatic carbocycles. The lowest BCUT2D eigenvalue weighted by molar-refractivity contribution is 0.341. The monoisotopic (exact) mass is 281 g/mol. The third-order valence-electron chi connectivity index (χ3n) is 3.92. The molecule has 16 heavy (non-hydrogen) atoms. The van der Waals surface area contributed by atoms with Gasteiger partial charge in [-0.2, -0.15) is 0 Å². The number of rotatable bonds is 1. The molecular weight excluding hydrogens is 266 g/mol. The molecule has 3 nitrogen and oxygen atoms in total. The number of hydrogen-bond acceptors (Lipinski definition) is 3. The molecule has 1 aliphatic heterocycles. The minimum atomic E-state index is 0.732. The molecule has 4 heteroatoms. The van der Waals surface area contributed by atoms with Crippen LogP contribution in [0.2, 0.25) is 0 Å². The third kappa shape index (κ3) is 1.83. The Morgan fingerprint density at radius 1 is 1.19 bits per heavy atom. The predicted molar refractivity (Wildman–Crippen MR) is 67.4 cm³/mol. The Bertz CT molecular complexity index is 382. The van der Waals surface area contributed by atoms with Crippen molar-refractivity contribution in [1.82, 2.24) is 9.97 Å². The van der Waals surface area contributed by atoms with Crippen LogP contribution in [0.3, 0.4) is 0 Å². The summed E-state index contributed by atoms with van der Waals surface area (Å²) in [4.78, 5) is 11.0. The zero-order valence-electron chi connectivity index (χ0n) is 9.27. The van der Waals surface area contributed by atoms with Gasteiger partial charge in [-0.05, 0) is 41.1 Å². The van der Waals surface area contributed by atoms with Crippen LogP contribution in [0.4, 0.5) is 5.82 Å². The van der Waals surface area contributed by atoms with E-state index in [1.54, 1.807) is 6.33 Å². The van der Waals surface area contributed by atoms with Gasteiger partial charge >= 0.3 is 0 Å². The molecule has 2 fully saturated rings. The first-order chi connectivity index (χ1) is 7.84. The van der Waals surface area contributed by atoms with E-state index in [9.17, 15) is 0 Å². The Kier molecular flexibility index (Phi) is 2.84. The minimum absolute atomic E-state index is 0.732. The molecule has 2 atom stereocenters. The molecule has 3 rings (SSSR count). The maximum atomic E-state index is 4.40. The van der Waals surface area contributed by atoms with Crippen molar-refractivity contribution in [2.24, 2.45) is 5.92 Å². The highest BCUT2D eigenvalue weighted by Gasteiger charge is 2.36. The van der Waals surface area contributed by atoms with Crippen molar-refractivity contribution in [3.05, 3.63) is 17.0 Å². The summed E-state index contributed by atoms with van der Waals surface area (Å²) in [5, 5.41) is 0. The van der Waals surface area contributed by atoms with E-state index in [1.807, 2.05) is 6.07 Å². The Balaban J connectivity index is 1.85. The zero-order chi connectivity index (χ0) is 11.0. The van der Waals surface area contributed by atoms with Crippen molar-refractivity contribution in [2.75, 3.05) is 11.4 Å². The maximum Gasteiger partial charge on any atom is 0.133 e. The van der Waals surface area contributed by atoms with E-state index in [-0.39, 0.29) is 0 Å². The highest BCUT2D eigenvalue weighted by molar-refractivity contribution is 9.10. The van der Waals surface area contributed by atoms with Crippen LogP contribution in [0.15, 0.2) is 17.0 Å². The SMILES string of the molecule is Brc1cc(N2CCC3CCCCC32)ncn1. The first-order valence-electron chi connectivity index (χ1n) is 6.09. The van der Waals surface area contributed by atoms with Gasteiger partial charge in [0.15, 0.2) is 0 Å². The number of fused-ring (bicyclic) bond motifs is 1. The van der Waals surface area contributed by atoms with E-state index in [1.165, 1.54) is 38.6 Å². The number of aromatic nitrogens is 2. The lowest BCUT2D eigenvalue weighted by Crippen LogP contribution is -2.35. The summed E-state index contributed by atoms with van der Waals surface area (Å²) < 4.78 is 0.886. The zero-order valence-corrected chi connectivity index (χ0v) is 10.9. The van der Waals surface area contributed by atoms with Gasteiger partial charge in [-0.15, -0.1) is 0 Å². The largest absolute Gasteiger partial charge is 0.353 e. The molecule has 2 unspecified atom stereocenters. The summed E-state index contributed by atoms with van der Waals surface area (Å²) in [6.07, 6.45) is 8.54. The Labute approximate surface area is 104 Å². The van der Waals surface area contributed by atoms with E-state index in [0.717, 1.165) is 22.4 Å². The van der Waals surface area contributed by atoms with Gasteiger partial charge in [-0.25, -0.2) is 9.97 Å². The molecule has 1 aromatic heterocycles. The second kappa shape index (κ2) is 4.32. The minimum Gasteiger partial charge on any atom is -0.353 e. The predicted octanol–water partition coefficient (Wildman–Crippen LogP) is 3.01. The van der Waals surface area contributed by atoms with Crippen molar-refractivity contribution >= 4 is 21.7 Å². The molecule has 1 saturated carbocycles. The molecule has 2 aliphatic rings. The van der Waals surface area contributed by atoms with Crippen molar-refractivity contribution < 1.29 is 0 Å². The van der Waals surface area contributed by atoms with Crippen LogP contribution >= 0.6 is 15.9 Å². The van der Waals surface area contributed by atoms with E-state index in [4.69, 9.17) is 0 Å². The summed E-state index contributed by atoms with van der Waals surface area (Å²) >= 11 is 3.42. The van der Waals surface area contributed by atoms with Gasteiger partial charge in [0.05, 0.1) is 0 Å². The highest BCUT2D eigenvalue weighted by Crippen LogP contribution is 2.38. The van der Waals surface area contributed by atoms with Crippen molar-refractivity contribution in [3.8, 4) is 0 Å². The van der Waals surface area contributed by atoms with Crippen LogP contribution in [-0.2, 0) is 0 Å². The second-order valence-electron chi connectivity index (χ2n) is 4.79. The van der Waals surface area contributed by atoms with Crippen molar-refractivity contribution in [3.63, 3.8) is 0 Å². The van der Waals surface area contributed by atoms with Crippen LogP contribution in [0, 0.1) is 5.92 Å². The van der Waals surface area contributed by atoms with Gasteiger partial charge in [0.25, 0.3) is 0 Å². The Morgan fingerprint density at radius 2 is 2.06 bits per heavy atom. The lowest BCUT2D eigenvalue weighted by Gasteiger charge is -2.32. The average molecular weight is 282 g/mol. The van der Waals surface area contributed by atoms with Crippen LogP contribution in [0.25, 0.3) is 0 Å². The van der Waals surface area contributed by atoms with Crippen LogP contribution in [-0.4, -0.2) is 22.6 Å². The first kappa shape index (κ1) is 10.5. The van der Waals surface area contributed by atoms with Gasteiger partial charge in [0.1, 0.15) is 16.7 Å². The molecule has 0 radical (unpaired) electrons. The van der Waals surface area contributed by atoms with Gasteiger partial charge in [0.2, 0.25) is 0 Å². The van der Waals surface area contributed by atoms with Gasteiger partial charge in [-0.3, -0.25) is 0 Å². The molecule has 1 aromatic rings. The van der Waals surface area contributed by atoms with E-state index in [2.05, 4.69) is 30.8 Å². The van der Waals surface area contributed by atoms with Gasteiger partial charge in [-0.1, -0.05) is 12.8 Å². The number of hydrogen-bond donors (Lipinski definition) is 0.